The van der Waals surface area contributed by atoms with Crippen molar-refractivity contribution in [1.82, 2.24) is 4.98 Å². The minimum atomic E-state index is -5.18. The smallest absolute Gasteiger partial charge is 0.418 e. The lowest BCUT2D eigenvalue weighted by Crippen LogP contribution is -2.15. The van der Waals surface area contributed by atoms with E-state index in [9.17, 15) is 26.7 Å². The molecule has 0 amide bonds. The zero-order valence-electron chi connectivity index (χ0n) is 8.29. The summed E-state index contributed by atoms with van der Waals surface area (Å²) in [5.74, 6) is -1.86. The molecule has 1 aromatic heterocycles. The number of aromatic carboxylic acids is 1. The number of alkyl halides is 5. The molecule has 1 rings (SSSR count). The van der Waals surface area contributed by atoms with E-state index in [0.29, 0.717) is 0 Å². The number of carboxylic acid groups (broad SMARTS) is 1. The Bertz CT molecular complexity index is 533. The van der Waals surface area contributed by atoms with E-state index in [-0.39, 0.29) is 6.07 Å². The van der Waals surface area contributed by atoms with Gasteiger partial charge in [0.25, 0.3) is 6.43 Å². The van der Waals surface area contributed by atoms with Crippen molar-refractivity contribution in [1.29, 1.82) is 5.26 Å². The third-order valence-corrected chi connectivity index (χ3v) is 1.90. The van der Waals surface area contributed by atoms with Crippen molar-refractivity contribution in [3.63, 3.8) is 0 Å². The highest BCUT2D eigenvalue weighted by Crippen LogP contribution is 2.36. The number of nitrogens with zero attached hydrogens (tertiary/aromatic N) is 2. The number of carbonyl (C=O) groups is 1. The number of aromatic nitrogens is 1. The fourth-order valence-electron chi connectivity index (χ4n) is 1.17. The molecule has 0 bridgehead atoms. The summed E-state index contributed by atoms with van der Waals surface area (Å²) in [6.07, 6.45) is -8.76. The van der Waals surface area contributed by atoms with Gasteiger partial charge in [0, 0.05) is 0 Å². The van der Waals surface area contributed by atoms with Gasteiger partial charge in [-0.05, 0) is 6.07 Å². The summed E-state index contributed by atoms with van der Waals surface area (Å²) < 4.78 is 62.1. The Hall–Kier alpha value is -2.24. The van der Waals surface area contributed by atoms with E-state index in [0.717, 1.165) is 6.07 Å². The van der Waals surface area contributed by atoms with Crippen molar-refractivity contribution < 1.29 is 31.9 Å². The Balaban J connectivity index is 3.65. The van der Waals surface area contributed by atoms with E-state index < -0.39 is 41.1 Å². The van der Waals surface area contributed by atoms with Crippen LogP contribution in [0.2, 0.25) is 0 Å². The highest BCUT2D eigenvalue weighted by molar-refractivity contribution is 5.90. The first-order valence-electron chi connectivity index (χ1n) is 4.22. The topological polar surface area (TPSA) is 74.0 Å². The summed E-state index contributed by atoms with van der Waals surface area (Å²) in [7, 11) is 0. The minimum Gasteiger partial charge on any atom is -0.478 e. The maximum atomic E-state index is 12.4. The zero-order chi connectivity index (χ0) is 14.1. The van der Waals surface area contributed by atoms with E-state index in [1.54, 1.807) is 0 Å². The molecule has 0 radical (unpaired) electrons. The standard InChI is InChI=1S/C9H3F5N2O2/c10-7(11)6-4(9(12,13)14)1-3(8(17)18)5(2-15)16-6/h1,7H,(H,17,18). The van der Waals surface area contributed by atoms with Gasteiger partial charge in [0.15, 0.2) is 5.69 Å². The molecular formula is C9H3F5N2O2. The molecule has 1 aromatic rings. The Morgan fingerprint density at radius 3 is 2.33 bits per heavy atom. The summed E-state index contributed by atoms with van der Waals surface area (Å²) in [5, 5.41) is 17.0. The zero-order valence-corrected chi connectivity index (χ0v) is 8.29. The van der Waals surface area contributed by atoms with Gasteiger partial charge in [0.2, 0.25) is 0 Å². The molecule has 0 aliphatic rings. The summed E-state index contributed by atoms with van der Waals surface area (Å²) in [5.41, 5.74) is -5.60. The average Bonchev–Trinajstić information content (AvgIpc) is 2.25. The maximum absolute atomic E-state index is 12.4. The summed E-state index contributed by atoms with van der Waals surface area (Å²) >= 11 is 0. The second kappa shape index (κ2) is 4.56. The lowest BCUT2D eigenvalue weighted by molar-refractivity contribution is -0.140. The molecule has 9 heteroatoms. The number of hydrogen-bond acceptors (Lipinski definition) is 3. The van der Waals surface area contributed by atoms with Crippen LogP contribution in [-0.4, -0.2) is 16.1 Å². The fraction of sp³-hybridized carbons (Fsp3) is 0.222. The number of pyridine rings is 1. The van der Waals surface area contributed by atoms with Crippen molar-refractivity contribution in [3.05, 3.63) is 28.6 Å². The first-order valence-corrected chi connectivity index (χ1v) is 4.22. The van der Waals surface area contributed by atoms with Gasteiger partial charge in [-0.1, -0.05) is 0 Å². The Labute approximate surface area is 96.3 Å². The maximum Gasteiger partial charge on any atom is 0.418 e. The van der Waals surface area contributed by atoms with Gasteiger partial charge >= 0.3 is 12.1 Å². The number of carboxylic acids is 1. The van der Waals surface area contributed by atoms with Crippen molar-refractivity contribution in [2.75, 3.05) is 0 Å². The van der Waals surface area contributed by atoms with Crippen LogP contribution in [0.1, 0.15) is 33.7 Å². The third-order valence-electron chi connectivity index (χ3n) is 1.90. The van der Waals surface area contributed by atoms with Crippen molar-refractivity contribution >= 4 is 5.97 Å². The van der Waals surface area contributed by atoms with Crippen LogP contribution in [-0.2, 0) is 6.18 Å². The van der Waals surface area contributed by atoms with E-state index in [4.69, 9.17) is 10.4 Å². The van der Waals surface area contributed by atoms with Gasteiger partial charge in [0.1, 0.15) is 11.8 Å². The number of hydrogen-bond donors (Lipinski definition) is 1. The van der Waals surface area contributed by atoms with Gasteiger partial charge in [-0.25, -0.2) is 18.6 Å². The molecule has 0 saturated carbocycles. The molecule has 0 saturated heterocycles. The molecule has 18 heavy (non-hydrogen) atoms. The molecular weight excluding hydrogens is 263 g/mol. The molecule has 0 spiro atoms. The Morgan fingerprint density at radius 2 is 2.00 bits per heavy atom. The number of halogens is 5. The van der Waals surface area contributed by atoms with E-state index >= 15 is 0 Å². The molecule has 0 aromatic carbocycles. The quantitative estimate of drug-likeness (QED) is 0.835. The molecule has 96 valence electrons. The molecule has 0 aliphatic heterocycles. The lowest BCUT2D eigenvalue weighted by atomic mass is 10.1. The van der Waals surface area contributed by atoms with Gasteiger partial charge in [-0.3, -0.25) is 0 Å². The van der Waals surface area contributed by atoms with Crippen molar-refractivity contribution in [2.24, 2.45) is 0 Å². The molecule has 0 atom stereocenters. The van der Waals surface area contributed by atoms with Crippen molar-refractivity contribution in [3.8, 4) is 6.07 Å². The summed E-state index contributed by atoms with van der Waals surface area (Å²) in [6.45, 7) is 0. The molecule has 1 N–H and O–H groups in total. The Morgan fingerprint density at radius 1 is 1.44 bits per heavy atom. The predicted molar refractivity (Wildman–Crippen MR) is 45.9 cm³/mol. The van der Waals surface area contributed by atoms with Crippen LogP contribution in [0.25, 0.3) is 0 Å². The van der Waals surface area contributed by atoms with Gasteiger partial charge < -0.3 is 5.11 Å². The minimum absolute atomic E-state index is 0.0185. The normalized spacial score (nSPS) is 11.4. The fourth-order valence-corrected chi connectivity index (χ4v) is 1.17. The predicted octanol–water partition coefficient (Wildman–Crippen LogP) is 2.61. The van der Waals surface area contributed by atoms with E-state index in [1.165, 1.54) is 0 Å². The van der Waals surface area contributed by atoms with Crippen LogP contribution < -0.4 is 0 Å². The lowest BCUT2D eigenvalue weighted by Gasteiger charge is -2.12. The van der Waals surface area contributed by atoms with Gasteiger partial charge in [0.05, 0.1) is 11.1 Å². The molecule has 0 fully saturated rings. The van der Waals surface area contributed by atoms with Crippen LogP contribution in [0.4, 0.5) is 22.0 Å². The number of rotatable bonds is 2. The SMILES string of the molecule is N#Cc1nc(C(F)F)c(C(F)(F)F)cc1C(=O)O. The Kier molecular flexibility index (Phi) is 3.50. The molecule has 0 unspecified atom stereocenters. The highest BCUT2D eigenvalue weighted by Gasteiger charge is 2.38. The molecule has 0 aliphatic carbocycles. The number of nitriles is 1. The first kappa shape index (κ1) is 13.8. The van der Waals surface area contributed by atoms with Gasteiger partial charge in [-0.15, -0.1) is 0 Å². The van der Waals surface area contributed by atoms with Crippen LogP contribution in [0, 0.1) is 11.3 Å². The van der Waals surface area contributed by atoms with Crippen LogP contribution in [0.5, 0.6) is 0 Å². The largest absolute Gasteiger partial charge is 0.478 e. The van der Waals surface area contributed by atoms with Crippen LogP contribution >= 0.6 is 0 Å². The van der Waals surface area contributed by atoms with E-state index in [2.05, 4.69) is 4.98 Å². The average molecular weight is 266 g/mol. The van der Waals surface area contributed by atoms with Gasteiger partial charge in [-0.2, -0.15) is 18.4 Å². The highest BCUT2D eigenvalue weighted by atomic mass is 19.4. The first-order chi connectivity index (χ1) is 8.18. The van der Waals surface area contributed by atoms with Crippen molar-refractivity contribution in [2.45, 2.75) is 12.6 Å². The second-order valence-electron chi connectivity index (χ2n) is 3.03. The van der Waals surface area contributed by atoms with Crippen LogP contribution in [0.15, 0.2) is 6.07 Å². The molecule has 4 nitrogen and oxygen atoms in total. The van der Waals surface area contributed by atoms with E-state index in [1.807, 2.05) is 0 Å². The summed E-state index contributed by atoms with van der Waals surface area (Å²) in [4.78, 5) is 13.4. The monoisotopic (exact) mass is 266 g/mol. The third kappa shape index (κ3) is 2.53. The molecule has 1 heterocycles. The van der Waals surface area contributed by atoms with Crippen LogP contribution in [0.3, 0.4) is 0 Å². The summed E-state index contributed by atoms with van der Waals surface area (Å²) in [6, 6.07) is 1.14. The second-order valence-corrected chi connectivity index (χ2v) is 3.03.